The summed E-state index contributed by atoms with van der Waals surface area (Å²) in [5, 5.41) is 10.3. The van der Waals surface area contributed by atoms with Gasteiger partial charge in [0.25, 0.3) is 0 Å². The number of aromatic nitrogens is 5. The number of hydrogen-bond donors (Lipinski definition) is 1. The van der Waals surface area contributed by atoms with Crippen LogP contribution < -0.4 is 5.32 Å². The molecule has 0 unspecified atom stereocenters. The van der Waals surface area contributed by atoms with E-state index in [2.05, 4.69) is 25.0 Å². The third-order valence-electron chi connectivity index (χ3n) is 1.99. The number of rotatable bonds is 5. The van der Waals surface area contributed by atoms with E-state index < -0.39 is 12.0 Å². The summed E-state index contributed by atoms with van der Waals surface area (Å²) in [6.45, 7) is 1.13. The van der Waals surface area contributed by atoms with E-state index in [0.29, 0.717) is 31.0 Å². The van der Waals surface area contributed by atoms with Gasteiger partial charge in [-0.1, -0.05) is 5.21 Å². The Morgan fingerprint density at radius 2 is 2.22 bits per heavy atom. The van der Waals surface area contributed by atoms with Gasteiger partial charge in [-0.05, 0) is 6.42 Å². The molecule has 18 heavy (non-hydrogen) atoms. The first-order chi connectivity index (χ1) is 8.55. The van der Waals surface area contributed by atoms with Crippen LogP contribution in [0, 0.1) is 0 Å². The molecule has 0 radical (unpaired) electrons. The summed E-state index contributed by atoms with van der Waals surface area (Å²) >= 11 is 0.697. The third kappa shape index (κ3) is 3.39. The number of anilines is 1. The number of halogens is 3. The molecular formula is C8H9F3N6S. The van der Waals surface area contributed by atoms with Crippen LogP contribution in [0.25, 0.3) is 0 Å². The molecule has 6 nitrogen and oxygen atoms in total. The van der Waals surface area contributed by atoms with Crippen molar-refractivity contribution >= 4 is 16.7 Å². The highest BCUT2D eigenvalue weighted by Crippen LogP contribution is 2.28. The second-order valence-electron chi connectivity index (χ2n) is 3.37. The molecule has 0 saturated carbocycles. The van der Waals surface area contributed by atoms with Crippen LogP contribution in [0.4, 0.5) is 18.3 Å². The van der Waals surface area contributed by atoms with E-state index in [-0.39, 0.29) is 5.13 Å². The van der Waals surface area contributed by atoms with E-state index in [4.69, 9.17) is 0 Å². The van der Waals surface area contributed by atoms with Crippen LogP contribution in [0.1, 0.15) is 12.2 Å². The molecule has 0 saturated heterocycles. The minimum atomic E-state index is -4.49. The normalized spacial score (nSPS) is 11.7. The van der Waals surface area contributed by atoms with Gasteiger partial charge in [0, 0.05) is 30.8 Å². The van der Waals surface area contributed by atoms with Gasteiger partial charge in [0.1, 0.15) is 0 Å². The average Bonchev–Trinajstić information content (AvgIpc) is 2.95. The number of nitrogens with zero attached hydrogens (tertiary/aromatic N) is 5. The van der Waals surface area contributed by atoms with Crippen LogP contribution in [-0.2, 0) is 12.7 Å². The molecule has 2 rings (SSSR count). The Morgan fingerprint density at radius 3 is 2.83 bits per heavy atom. The molecule has 0 amide bonds. The monoisotopic (exact) mass is 278 g/mol. The lowest BCUT2D eigenvalue weighted by Crippen LogP contribution is -2.09. The zero-order valence-corrected chi connectivity index (χ0v) is 9.87. The minimum absolute atomic E-state index is 0.168. The smallest absolute Gasteiger partial charge is 0.360 e. The quantitative estimate of drug-likeness (QED) is 0.842. The van der Waals surface area contributed by atoms with Crippen molar-refractivity contribution < 1.29 is 13.2 Å². The van der Waals surface area contributed by atoms with Gasteiger partial charge in [-0.25, -0.2) is 0 Å². The van der Waals surface area contributed by atoms with Crippen LogP contribution in [0.15, 0.2) is 12.4 Å². The lowest BCUT2D eigenvalue weighted by molar-refractivity contribution is -0.144. The van der Waals surface area contributed by atoms with Crippen molar-refractivity contribution in [1.29, 1.82) is 0 Å². The molecule has 2 heterocycles. The average molecular weight is 278 g/mol. The van der Waals surface area contributed by atoms with Crippen molar-refractivity contribution in [2.75, 3.05) is 11.9 Å². The summed E-state index contributed by atoms with van der Waals surface area (Å²) in [5.41, 5.74) is 0. The first-order valence-electron chi connectivity index (χ1n) is 5.04. The molecule has 98 valence electrons. The van der Waals surface area contributed by atoms with Gasteiger partial charge in [-0.2, -0.15) is 22.5 Å². The summed E-state index contributed by atoms with van der Waals surface area (Å²) in [4.78, 5) is 3.35. The zero-order chi connectivity index (χ0) is 13.0. The highest BCUT2D eigenvalue weighted by Gasteiger charge is 2.36. The lowest BCUT2D eigenvalue weighted by atomic mass is 10.4. The number of nitrogens with one attached hydrogen (secondary N) is 1. The van der Waals surface area contributed by atoms with Crippen molar-refractivity contribution in [1.82, 2.24) is 24.4 Å². The Kier molecular flexibility index (Phi) is 3.75. The molecule has 0 spiro atoms. The number of hydrogen-bond acceptors (Lipinski definition) is 6. The Labute approximate surface area is 104 Å². The van der Waals surface area contributed by atoms with Crippen molar-refractivity contribution in [3.8, 4) is 0 Å². The van der Waals surface area contributed by atoms with Crippen LogP contribution >= 0.6 is 11.5 Å². The summed E-state index contributed by atoms with van der Waals surface area (Å²) in [6.07, 6.45) is -0.512. The molecule has 0 atom stereocenters. The first kappa shape index (κ1) is 12.7. The Balaban J connectivity index is 1.75. The van der Waals surface area contributed by atoms with Gasteiger partial charge >= 0.3 is 6.18 Å². The molecule has 2 aromatic rings. The van der Waals surface area contributed by atoms with Gasteiger partial charge in [0.2, 0.25) is 11.0 Å². The van der Waals surface area contributed by atoms with Gasteiger partial charge < -0.3 is 5.32 Å². The maximum Gasteiger partial charge on any atom is 0.452 e. The molecule has 10 heteroatoms. The van der Waals surface area contributed by atoms with Gasteiger partial charge in [0.05, 0.1) is 6.20 Å². The maximum atomic E-state index is 12.2. The van der Waals surface area contributed by atoms with E-state index in [1.807, 2.05) is 0 Å². The molecule has 0 fully saturated rings. The first-order valence-corrected chi connectivity index (χ1v) is 5.82. The Bertz CT molecular complexity index is 479. The van der Waals surface area contributed by atoms with E-state index in [1.54, 1.807) is 17.1 Å². The summed E-state index contributed by atoms with van der Waals surface area (Å²) in [6, 6.07) is 0. The van der Waals surface area contributed by atoms with Crippen LogP contribution in [0.2, 0.25) is 0 Å². The van der Waals surface area contributed by atoms with Crippen LogP contribution in [0.5, 0.6) is 0 Å². The molecule has 0 aromatic carbocycles. The molecule has 0 aliphatic heterocycles. The van der Waals surface area contributed by atoms with E-state index in [0.717, 1.165) is 0 Å². The fourth-order valence-corrected chi connectivity index (χ4v) is 1.81. The van der Waals surface area contributed by atoms with Crippen molar-refractivity contribution in [2.24, 2.45) is 0 Å². The number of alkyl halides is 3. The number of aryl methyl sites for hydroxylation is 1. The summed E-state index contributed by atoms with van der Waals surface area (Å²) < 4.78 is 41.5. The fraction of sp³-hybridized carbons (Fsp3) is 0.500. The lowest BCUT2D eigenvalue weighted by Gasteiger charge is -2.02. The molecule has 2 aromatic heterocycles. The van der Waals surface area contributed by atoms with E-state index in [9.17, 15) is 13.2 Å². The molecule has 0 aliphatic rings. The van der Waals surface area contributed by atoms with E-state index >= 15 is 0 Å². The molecule has 0 bridgehead atoms. The Morgan fingerprint density at radius 1 is 1.39 bits per heavy atom. The van der Waals surface area contributed by atoms with Crippen molar-refractivity contribution in [2.45, 2.75) is 19.1 Å². The second-order valence-corrected chi connectivity index (χ2v) is 4.12. The molecular weight excluding hydrogens is 269 g/mol. The zero-order valence-electron chi connectivity index (χ0n) is 9.05. The highest BCUT2D eigenvalue weighted by molar-refractivity contribution is 7.09. The van der Waals surface area contributed by atoms with Gasteiger partial charge in [-0.15, -0.1) is 5.10 Å². The fourth-order valence-electron chi connectivity index (χ4n) is 1.20. The highest BCUT2D eigenvalue weighted by atomic mass is 32.1. The molecule has 1 N–H and O–H groups in total. The van der Waals surface area contributed by atoms with Gasteiger partial charge in [0.15, 0.2) is 0 Å². The predicted molar refractivity (Wildman–Crippen MR) is 58.0 cm³/mol. The largest absolute Gasteiger partial charge is 0.452 e. The van der Waals surface area contributed by atoms with Crippen molar-refractivity contribution in [3.63, 3.8) is 0 Å². The maximum absolute atomic E-state index is 12.2. The standard InChI is InChI=1S/C8H9F3N6S/c9-8(10,11)6-14-7(18-15-6)12-2-1-4-17-5-3-13-16-17/h3,5H,1-2,4H2,(H,12,14,15). The topological polar surface area (TPSA) is 68.5 Å². The summed E-state index contributed by atoms with van der Waals surface area (Å²) in [5.74, 6) is -1.11. The predicted octanol–water partition coefficient (Wildman–Crippen LogP) is 1.65. The van der Waals surface area contributed by atoms with Crippen LogP contribution in [0.3, 0.4) is 0 Å². The summed E-state index contributed by atoms with van der Waals surface area (Å²) in [7, 11) is 0. The van der Waals surface area contributed by atoms with Gasteiger partial charge in [-0.3, -0.25) is 4.68 Å². The third-order valence-corrected chi connectivity index (χ3v) is 2.66. The SMILES string of the molecule is FC(F)(F)c1nsc(NCCCn2ccnn2)n1. The Hall–Kier alpha value is -1.71. The van der Waals surface area contributed by atoms with E-state index in [1.165, 1.54) is 0 Å². The van der Waals surface area contributed by atoms with Crippen molar-refractivity contribution in [3.05, 3.63) is 18.2 Å². The van der Waals surface area contributed by atoms with Crippen LogP contribution in [-0.4, -0.2) is 30.9 Å². The molecule has 0 aliphatic carbocycles. The second kappa shape index (κ2) is 5.29. The minimum Gasteiger partial charge on any atom is -0.360 e.